The number of aromatic nitrogens is 1. The van der Waals surface area contributed by atoms with Gasteiger partial charge in [0, 0.05) is 13.1 Å². The van der Waals surface area contributed by atoms with E-state index < -0.39 is 33.5 Å². The topological polar surface area (TPSA) is 130 Å². The van der Waals surface area contributed by atoms with Crippen molar-refractivity contribution in [2.45, 2.75) is 23.8 Å². The van der Waals surface area contributed by atoms with E-state index in [0.29, 0.717) is 5.69 Å². The van der Waals surface area contributed by atoms with E-state index in [-0.39, 0.29) is 31.4 Å². The molecule has 0 saturated heterocycles. The van der Waals surface area contributed by atoms with Crippen molar-refractivity contribution in [3.63, 3.8) is 0 Å². The summed E-state index contributed by atoms with van der Waals surface area (Å²) < 4.78 is 46.7. The molecule has 3 aromatic rings. The van der Waals surface area contributed by atoms with Gasteiger partial charge < -0.3 is 10.1 Å². The van der Waals surface area contributed by atoms with Gasteiger partial charge in [0.15, 0.2) is 5.72 Å². The molecule has 4 rings (SSSR count). The molecule has 14 heteroatoms. The van der Waals surface area contributed by atoms with Crippen LogP contribution in [-0.2, 0) is 10.0 Å². The molecule has 2 aromatic heterocycles. The van der Waals surface area contributed by atoms with Crippen molar-refractivity contribution in [3.8, 4) is 5.75 Å². The van der Waals surface area contributed by atoms with Crippen molar-refractivity contribution in [1.82, 2.24) is 9.71 Å². The fourth-order valence-corrected chi connectivity index (χ4v) is 5.84. The van der Waals surface area contributed by atoms with Gasteiger partial charge in [-0.1, -0.05) is 11.6 Å². The van der Waals surface area contributed by atoms with Gasteiger partial charge in [0.25, 0.3) is 15.9 Å². The Bertz CT molecular complexity index is 1430. The number of nitrogens with one attached hydrogen (secondary N) is 3. The molecule has 1 aliphatic rings. The highest BCUT2D eigenvalue weighted by Gasteiger charge is 2.41. The number of urea groups is 1. The molecule has 0 unspecified atom stereocenters. The average Bonchev–Trinajstić information content (AvgIpc) is 3.22. The van der Waals surface area contributed by atoms with Gasteiger partial charge in [-0.15, -0.1) is 11.3 Å². The number of pyridine rings is 1. The lowest BCUT2D eigenvalue weighted by Crippen LogP contribution is -2.55. The number of hydrogen-bond donors (Lipinski definition) is 3. The molecule has 184 valence electrons. The minimum absolute atomic E-state index is 0.0268. The Morgan fingerprint density at radius 3 is 2.57 bits per heavy atom. The van der Waals surface area contributed by atoms with Gasteiger partial charge in [0.2, 0.25) is 0 Å². The number of carbonyl (C=O) groups excluding carboxylic acids is 2. The van der Waals surface area contributed by atoms with Crippen LogP contribution in [0, 0.1) is 5.82 Å². The lowest BCUT2D eigenvalue weighted by Gasteiger charge is -2.42. The molecule has 0 radical (unpaired) electrons. The highest BCUT2D eigenvalue weighted by atomic mass is 35.5. The molecular formula is C21H19ClFN5O5S2. The molecule has 10 nitrogen and oxygen atoms in total. The third-order valence-electron chi connectivity index (χ3n) is 4.96. The number of amides is 3. The highest BCUT2D eigenvalue weighted by Crippen LogP contribution is 2.39. The third-order valence-corrected chi connectivity index (χ3v) is 8.01. The first-order chi connectivity index (χ1) is 16.4. The van der Waals surface area contributed by atoms with Gasteiger partial charge in [0.05, 0.1) is 27.5 Å². The minimum atomic E-state index is -4.10. The molecule has 0 aliphatic carbocycles. The second kappa shape index (κ2) is 8.98. The second-order valence-corrected chi connectivity index (χ2v) is 11.4. The first-order valence-electron chi connectivity index (χ1n) is 10.0. The quantitative estimate of drug-likeness (QED) is 0.441. The zero-order chi connectivity index (χ0) is 25.5. The summed E-state index contributed by atoms with van der Waals surface area (Å²) in [5.74, 6) is -0.845. The number of anilines is 3. The fraction of sp³-hybridized carbons (Fsp3) is 0.190. The monoisotopic (exact) mass is 539 g/mol. The number of carbonyl (C=O) groups is 2. The van der Waals surface area contributed by atoms with E-state index in [1.54, 1.807) is 20.9 Å². The van der Waals surface area contributed by atoms with Crippen LogP contribution in [-0.4, -0.2) is 38.1 Å². The Balaban J connectivity index is 1.52. The number of halogens is 2. The summed E-state index contributed by atoms with van der Waals surface area (Å²) >= 11 is 6.55. The lowest BCUT2D eigenvalue weighted by molar-refractivity contribution is 0.0634. The molecule has 1 aliphatic heterocycles. The van der Waals surface area contributed by atoms with Crippen LogP contribution >= 0.6 is 22.9 Å². The van der Waals surface area contributed by atoms with Crippen molar-refractivity contribution < 1.29 is 27.1 Å². The molecule has 3 N–H and O–H groups in total. The summed E-state index contributed by atoms with van der Waals surface area (Å²) in [4.78, 5) is 30.8. The van der Waals surface area contributed by atoms with E-state index in [9.17, 15) is 22.4 Å². The van der Waals surface area contributed by atoms with Crippen LogP contribution in [0.2, 0.25) is 4.34 Å². The number of benzene rings is 1. The summed E-state index contributed by atoms with van der Waals surface area (Å²) in [5.41, 5.74) is -0.589. The van der Waals surface area contributed by atoms with Crippen LogP contribution in [0.15, 0.2) is 46.8 Å². The molecule has 1 aromatic carbocycles. The Hall–Kier alpha value is -3.42. The number of fused-ring (bicyclic) bond motifs is 1. The standard InChI is InChI=1S/C21H19ClFN5O5S2/c1-21(2)28(19(29)12-8-13(23)14(24-3)9-15(12)33-21)11-4-6-17(25-10-11)26-20(30)27-35(31,32)18-7-5-16(22)34-18/h4-10,24H,1-3H3,(H2,25,26,27,30). The molecule has 0 bridgehead atoms. The van der Waals surface area contributed by atoms with Crippen LogP contribution in [0.5, 0.6) is 5.75 Å². The first kappa shape index (κ1) is 24.7. The van der Waals surface area contributed by atoms with E-state index >= 15 is 0 Å². The van der Waals surface area contributed by atoms with Gasteiger partial charge in [0.1, 0.15) is 21.6 Å². The maximum Gasteiger partial charge on any atom is 0.334 e. The molecule has 0 spiro atoms. The van der Waals surface area contributed by atoms with Crippen molar-refractivity contribution in [3.05, 3.63) is 58.3 Å². The van der Waals surface area contributed by atoms with Gasteiger partial charge in [-0.3, -0.25) is 15.0 Å². The summed E-state index contributed by atoms with van der Waals surface area (Å²) in [6, 6.07) is 7.04. The summed E-state index contributed by atoms with van der Waals surface area (Å²) in [6.07, 6.45) is 1.30. The minimum Gasteiger partial charge on any atom is -0.467 e. The summed E-state index contributed by atoms with van der Waals surface area (Å²) in [7, 11) is -2.55. The summed E-state index contributed by atoms with van der Waals surface area (Å²) in [6.45, 7) is 3.33. The maximum absolute atomic E-state index is 14.3. The van der Waals surface area contributed by atoms with Crippen LogP contribution < -0.4 is 25.0 Å². The average molecular weight is 540 g/mol. The van der Waals surface area contributed by atoms with Gasteiger partial charge in [-0.25, -0.2) is 27.3 Å². The fourth-order valence-electron chi connectivity index (χ4n) is 3.45. The molecular weight excluding hydrogens is 521 g/mol. The SMILES string of the molecule is CNc1cc2c(cc1F)C(=O)N(c1ccc(NC(=O)NS(=O)(=O)c3ccc(Cl)s3)nc1)C(C)(C)O2. The lowest BCUT2D eigenvalue weighted by atomic mass is 10.0. The van der Waals surface area contributed by atoms with Gasteiger partial charge in [-0.05, 0) is 44.2 Å². The number of thiophene rings is 1. The van der Waals surface area contributed by atoms with Crippen LogP contribution in [0.3, 0.4) is 0 Å². The third kappa shape index (κ3) is 4.88. The number of hydrogen-bond acceptors (Lipinski definition) is 8. The Kier molecular flexibility index (Phi) is 6.34. The number of rotatable bonds is 5. The Labute approximate surface area is 209 Å². The normalized spacial score (nSPS) is 14.7. The predicted octanol–water partition coefficient (Wildman–Crippen LogP) is 4.26. The zero-order valence-corrected chi connectivity index (χ0v) is 20.9. The summed E-state index contributed by atoms with van der Waals surface area (Å²) in [5, 5.41) is 5.02. The first-order valence-corrected chi connectivity index (χ1v) is 12.7. The number of ether oxygens (including phenoxy) is 1. The van der Waals surface area contributed by atoms with E-state index in [0.717, 1.165) is 17.4 Å². The van der Waals surface area contributed by atoms with Crippen molar-refractivity contribution in [1.29, 1.82) is 0 Å². The Morgan fingerprint density at radius 2 is 1.97 bits per heavy atom. The zero-order valence-electron chi connectivity index (χ0n) is 18.5. The van der Waals surface area contributed by atoms with E-state index in [2.05, 4.69) is 15.6 Å². The number of sulfonamides is 1. The Morgan fingerprint density at radius 1 is 1.23 bits per heavy atom. The van der Waals surface area contributed by atoms with Crippen molar-refractivity contribution in [2.75, 3.05) is 22.6 Å². The maximum atomic E-state index is 14.3. The van der Waals surface area contributed by atoms with Gasteiger partial charge >= 0.3 is 6.03 Å². The van der Waals surface area contributed by atoms with E-state index in [1.807, 2.05) is 4.72 Å². The van der Waals surface area contributed by atoms with Crippen LogP contribution in [0.4, 0.5) is 26.4 Å². The predicted molar refractivity (Wildman–Crippen MR) is 130 cm³/mol. The number of nitrogens with zero attached hydrogens (tertiary/aromatic N) is 2. The van der Waals surface area contributed by atoms with Crippen LogP contribution in [0.1, 0.15) is 24.2 Å². The molecule has 3 amide bonds. The molecule has 35 heavy (non-hydrogen) atoms. The van der Waals surface area contributed by atoms with Crippen LogP contribution in [0.25, 0.3) is 0 Å². The smallest absolute Gasteiger partial charge is 0.334 e. The van der Waals surface area contributed by atoms with Gasteiger partial charge in [-0.2, -0.15) is 0 Å². The molecule has 3 heterocycles. The molecule has 0 saturated carbocycles. The van der Waals surface area contributed by atoms with Crippen molar-refractivity contribution in [2.24, 2.45) is 0 Å². The van der Waals surface area contributed by atoms with E-state index in [4.69, 9.17) is 16.3 Å². The second-order valence-electron chi connectivity index (χ2n) is 7.79. The molecule has 0 atom stereocenters. The van der Waals surface area contributed by atoms with E-state index in [1.165, 1.54) is 41.4 Å². The highest BCUT2D eigenvalue weighted by molar-refractivity contribution is 7.92. The van der Waals surface area contributed by atoms with Crippen molar-refractivity contribution >= 4 is 62.1 Å². The molecule has 0 fully saturated rings. The largest absolute Gasteiger partial charge is 0.467 e.